The van der Waals surface area contributed by atoms with Crippen LogP contribution in [0.25, 0.3) is 11.1 Å². The van der Waals surface area contributed by atoms with Crippen molar-refractivity contribution in [3.63, 3.8) is 0 Å². The molecule has 0 N–H and O–H groups in total. The molecule has 0 saturated carbocycles. The molecule has 0 atom stereocenters. The highest BCUT2D eigenvalue weighted by Gasteiger charge is 2.21. The fraction of sp³-hybridized carbons (Fsp3) is 0.429. The predicted octanol–water partition coefficient (Wildman–Crippen LogP) is 0.519. The maximum Gasteiger partial charge on any atom is 0.419 e. The molecular weight excluding hydrogens is 258 g/mol. The fourth-order valence-electron chi connectivity index (χ4n) is 2.45. The molecule has 6 heteroatoms. The van der Waals surface area contributed by atoms with E-state index in [2.05, 4.69) is 11.9 Å². The van der Waals surface area contributed by atoms with Crippen molar-refractivity contribution in [2.45, 2.75) is 0 Å². The highest BCUT2D eigenvalue weighted by Crippen LogP contribution is 2.16. The minimum atomic E-state index is -0.413. The van der Waals surface area contributed by atoms with Crippen LogP contribution >= 0.6 is 0 Å². The van der Waals surface area contributed by atoms with Crippen LogP contribution in [0, 0.1) is 0 Å². The molecule has 0 aliphatic carbocycles. The summed E-state index contributed by atoms with van der Waals surface area (Å²) in [6, 6.07) is 5.12. The number of hydrogen-bond donors (Lipinski definition) is 0. The highest BCUT2D eigenvalue weighted by molar-refractivity contribution is 5.97. The van der Waals surface area contributed by atoms with Gasteiger partial charge in [0.15, 0.2) is 5.58 Å². The first kappa shape index (κ1) is 12.9. The number of benzene rings is 1. The maximum absolute atomic E-state index is 12.5. The Kier molecular flexibility index (Phi) is 3.10. The summed E-state index contributed by atoms with van der Waals surface area (Å²) >= 11 is 0. The van der Waals surface area contributed by atoms with Gasteiger partial charge in [-0.3, -0.25) is 9.36 Å². The molecule has 3 rings (SSSR count). The van der Waals surface area contributed by atoms with Gasteiger partial charge in [-0.25, -0.2) is 4.79 Å². The summed E-state index contributed by atoms with van der Waals surface area (Å²) in [6.07, 6.45) is 0. The monoisotopic (exact) mass is 275 g/mol. The van der Waals surface area contributed by atoms with Crippen molar-refractivity contribution < 1.29 is 9.21 Å². The molecule has 1 aliphatic heterocycles. The first-order valence-corrected chi connectivity index (χ1v) is 6.63. The van der Waals surface area contributed by atoms with Crippen LogP contribution < -0.4 is 5.76 Å². The van der Waals surface area contributed by atoms with E-state index in [-0.39, 0.29) is 5.91 Å². The van der Waals surface area contributed by atoms with Gasteiger partial charge in [-0.05, 0) is 25.2 Å². The number of rotatable bonds is 1. The van der Waals surface area contributed by atoms with E-state index < -0.39 is 5.76 Å². The minimum Gasteiger partial charge on any atom is -0.408 e. The molecule has 2 heterocycles. The molecule has 0 spiro atoms. The molecule has 6 nitrogen and oxygen atoms in total. The Morgan fingerprint density at radius 1 is 1.15 bits per heavy atom. The van der Waals surface area contributed by atoms with Crippen LogP contribution in [-0.4, -0.2) is 53.5 Å². The van der Waals surface area contributed by atoms with E-state index in [1.54, 1.807) is 25.2 Å². The lowest BCUT2D eigenvalue weighted by Gasteiger charge is -2.32. The van der Waals surface area contributed by atoms with Gasteiger partial charge in [0.05, 0.1) is 5.52 Å². The van der Waals surface area contributed by atoms with Gasteiger partial charge in [0.2, 0.25) is 0 Å². The Hall–Kier alpha value is -2.08. The number of aromatic nitrogens is 1. The van der Waals surface area contributed by atoms with Gasteiger partial charge in [-0.15, -0.1) is 0 Å². The highest BCUT2D eigenvalue weighted by atomic mass is 16.4. The lowest BCUT2D eigenvalue weighted by Crippen LogP contribution is -2.47. The quantitative estimate of drug-likeness (QED) is 0.761. The van der Waals surface area contributed by atoms with Crippen LogP contribution in [0.15, 0.2) is 27.4 Å². The second kappa shape index (κ2) is 4.79. The molecule has 0 radical (unpaired) electrons. The average molecular weight is 275 g/mol. The lowest BCUT2D eigenvalue weighted by molar-refractivity contribution is 0.0664. The predicted molar refractivity (Wildman–Crippen MR) is 74.9 cm³/mol. The summed E-state index contributed by atoms with van der Waals surface area (Å²) in [5.41, 5.74) is 1.75. The van der Waals surface area contributed by atoms with Crippen molar-refractivity contribution in [3.05, 3.63) is 34.3 Å². The Balaban J connectivity index is 1.91. The van der Waals surface area contributed by atoms with Crippen molar-refractivity contribution in [1.29, 1.82) is 0 Å². The lowest BCUT2D eigenvalue weighted by atomic mass is 10.1. The largest absolute Gasteiger partial charge is 0.419 e. The number of aryl methyl sites for hydroxylation is 1. The van der Waals surface area contributed by atoms with Gasteiger partial charge in [-0.2, -0.15) is 0 Å². The summed E-state index contributed by atoms with van der Waals surface area (Å²) in [5.74, 6) is -0.405. The first-order valence-electron chi connectivity index (χ1n) is 6.63. The number of oxazole rings is 1. The minimum absolute atomic E-state index is 0.00801. The molecule has 1 saturated heterocycles. The third kappa shape index (κ3) is 2.12. The van der Waals surface area contributed by atoms with Crippen molar-refractivity contribution in [1.82, 2.24) is 14.4 Å². The second-order valence-corrected chi connectivity index (χ2v) is 5.20. The number of carbonyl (C=O) groups excluding carboxylic acids is 1. The van der Waals surface area contributed by atoms with E-state index in [0.29, 0.717) is 16.7 Å². The van der Waals surface area contributed by atoms with Crippen molar-refractivity contribution in [3.8, 4) is 0 Å². The van der Waals surface area contributed by atoms with Crippen LogP contribution in [-0.2, 0) is 7.05 Å². The summed E-state index contributed by atoms with van der Waals surface area (Å²) in [6.45, 7) is 3.24. The summed E-state index contributed by atoms with van der Waals surface area (Å²) in [7, 11) is 3.69. The van der Waals surface area contributed by atoms with Crippen molar-refractivity contribution >= 4 is 17.0 Å². The Morgan fingerprint density at radius 3 is 2.55 bits per heavy atom. The van der Waals surface area contributed by atoms with Gasteiger partial charge in [0.25, 0.3) is 5.91 Å². The smallest absolute Gasteiger partial charge is 0.408 e. The van der Waals surface area contributed by atoms with E-state index in [1.807, 2.05) is 4.90 Å². The fourth-order valence-corrected chi connectivity index (χ4v) is 2.45. The number of nitrogens with zero attached hydrogens (tertiary/aromatic N) is 3. The van der Waals surface area contributed by atoms with Gasteiger partial charge < -0.3 is 14.2 Å². The average Bonchev–Trinajstić information content (AvgIpc) is 2.74. The number of amides is 1. The first-order chi connectivity index (χ1) is 9.56. The molecule has 1 aliphatic rings. The summed E-state index contributed by atoms with van der Waals surface area (Å²) in [5, 5.41) is 0. The topological polar surface area (TPSA) is 58.7 Å². The third-order valence-electron chi connectivity index (χ3n) is 3.83. The molecule has 1 aromatic carbocycles. The van der Waals surface area contributed by atoms with Crippen molar-refractivity contribution in [2.24, 2.45) is 7.05 Å². The second-order valence-electron chi connectivity index (χ2n) is 5.20. The molecule has 2 aromatic rings. The van der Waals surface area contributed by atoms with E-state index >= 15 is 0 Å². The zero-order valence-corrected chi connectivity index (χ0v) is 11.6. The van der Waals surface area contributed by atoms with Gasteiger partial charge in [0.1, 0.15) is 0 Å². The zero-order chi connectivity index (χ0) is 14.3. The normalized spacial score (nSPS) is 16.8. The van der Waals surface area contributed by atoms with Crippen LogP contribution in [0.3, 0.4) is 0 Å². The number of fused-ring (bicyclic) bond motifs is 1. The maximum atomic E-state index is 12.5. The molecular formula is C14H17N3O3. The summed E-state index contributed by atoms with van der Waals surface area (Å²) < 4.78 is 6.48. The van der Waals surface area contributed by atoms with E-state index in [9.17, 15) is 9.59 Å². The standard InChI is InChI=1S/C14H17N3O3/c1-15-5-7-17(8-6-15)13(18)10-3-4-12-11(9-10)16(2)14(19)20-12/h3-4,9H,5-8H2,1-2H3. The van der Waals surface area contributed by atoms with E-state index in [4.69, 9.17) is 4.42 Å². The molecule has 0 bridgehead atoms. The van der Waals surface area contributed by atoms with Crippen LogP contribution in [0.5, 0.6) is 0 Å². The van der Waals surface area contributed by atoms with E-state index in [0.717, 1.165) is 26.2 Å². The number of piperazine rings is 1. The van der Waals surface area contributed by atoms with Crippen LogP contribution in [0.4, 0.5) is 0 Å². The van der Waals surface area contributed by atoms with Gasteiger partial charge >= 0.3 is 5.76 Å². The summed E-state index contributed by atoms with van der Waals surface area (Å²) in [4.78, 5) is 28.0. The van der Waals surface area contributed by atoms with Gasteiger partial charge in [0, 0.05) is 38.8 Å². The van der Waals surface area contributed by atoms with Crippen LogP contribution in [0.2, 0.25) is 0 Å². The van der Waals surface area contributed by atoms with Crippen molar-refractivity contribution in [2.75, 3.05) is 33.2 Å². The number of likely N-dealkylation sites (N-methyl/N-ethyl adjacent to an activating group) is 1. The van der Waals surface area contributed by atoms with Gasteiger partial charge in [-0.1, -0.05) is 0 Å². The SMILES string of the molecule is CN1CCN(C(=O)c2ccc3oc(=O)n(C)c3c2)CC1. The number of carbonyl (C=O) groups is 1. The molecule has 106 valence electrons. The molecule has 20 heavy (non-hydrogen) atoms. The molecule has 0 unspecified atom stereocenters. The van der Waals surface area contributed by atoms with E-state index in [1.165, 1.54) is 4.57 Å². The molecule has 1 aromatic heterocycles. The molecule has 1 fully saturated rings. The zero-order valence-electron chi connectivity index (χ0n) is 11.6. The molecule has 1 amide bonds. The number of hydrogen-bond acceptors (Lipinski definition) is 4. The third-order valence-corrected chi connectivity index (χ3v) is 3.83. The Bertz CT molecular complexity index is 708. The Labute approximate surface area is 116 Å². The van der Waals surface area contributed by atoms with Crippen LogP contribution in [0.1, 0.15) is 10.4 Å². The Morgan fingerprint density at radius 2 is 1.85 bits per heavy atom.